The molecule has 0 radical (unpaired) electrons. The molecule has 4 rings (SSSR count). The Labute approximate surface area is 141 Å². The number of benzene rings is 1. The first-order chi connectivity index (χ1) is 11.8. The highest BCUT2D eigenvalue weighted by Crippen LogP contribution is 2.26. The molecule has 0 bridgehead atoms. The van der Waals surface area contributed by atoms with Crippen LogP contribution in [-0.2, 0) is 22.6 Å². The van der Waals surface area contributed by atoms with Crippen molar-refractivity contribution in [2.75, 3.05) is 19.7 Å². The third-order valence-corrected chi connectivity index (χ3v) is 4.78. The van der Waals surface area contributed by atoms with Gasteiger partial charge in [-0.1, -0.05) is 36.4 Å². The van der Waals surface area contributed by atoms with Crippen LogP contribution in [0.3, 0.4) is 0 Å². The lowest BCUT2D eigenvalue weighted by Gasteiger charge is -2.36. The smallest absolute Gasteiger partial charge is 0.249 e. The maximum absolute atomic E-state index is 12.4. The number of ether oxygens (including phenoxy) is 1. The fourth-order valence-corrected chi connectivity index (χ4v) is 3.61. The van der Waals surface area contributed by atoms with Crippen molar-refractivity contribution in [1.29, 1.82) is 0 Å². The molecule has 2 saturated heterocycles. The van der Waals surface area contributed by atoms with Crippen LogP contribution in [0.15, 0.2) is 54.9 Å². The van der Waals surface area contributed by atoms with E-state index in [0.29, 0.717) is 6.54 Å². The number of aromatic nitrogens is 1. The Bertz CT molecular complexity index is 692. The molecular weight excluding hydrogens is 302 g/mol. The van der Waals surface area contributed by atoms with Crippen LogP contribution >= 0.6 is 0 Å². The van der Waals surface area contributed by atoms with Gasteiger partial charge in [0.05, 0.1) is 12.1 Å². The summed E-state index contributed by atoms with van der Waals surface area (Å²) in [4.78, 5) is 20.9. The average molecular weight is 323 g/mol. The SMILES string of the molecule is O=C1CO[C@@H]2CN(Cc3cccnc3)C[C@H]2N1Cc1ccccc1. The molecule has 124 valence electrons. The number of nitrogens with zero attached hydrogens (tertiary/aromatic N) is 3. The second-order valence-corrected chi connectivity index (χ2v) is 6.48. The molecule has 2 aliphatic rings. The minimum atomic E-state index is 0.0864. The Kier molecular flexibility index (Phi) is 4.28. The average Bonchev–Trinajstić information content (AvgIpc) is 3.02. The molecule has 2 fully saturated rings. The molecule has 1 amide bonds. The van der Waals surface area contributed by atoms with Gasteiger partial charge in [0.1, 0.15) is 6.61 Å². The minimum absolute atomic E-state index is 0.0864. The highest BCUT2D eigenvalue weighted by Gasteiger charge is 2.42. The van der Waals surface area contributed by atoms with E-state index in [2.05, 4.69) is 28.1 Å². The van der Waals surface area contributed by atoms with Gasteiger partial charge in [-0.05, 0) is 17.2 Å². The molecule has 0 N–H and O–H groups in total. The van der Waals surface area contributed by atoms with Crippen LogP contribution in [0, 0.1) is 0 Å². The van der Waals surface area contributed by atoms with Gasteiger partial charge in [-0.3, -0.25) is 14.7 Å². The zero-order chi connectivity index (χ0) is 16.4. The highest BCUT2D eigenvalue weighted by atomic mass is 16.5. The number of pyridine rings is 1. The number of morpholine rings is 1. The summed E-state index contributed by atoms with van der Waals surface area (Å²) >= 11 is 0. The summed E-state index contributed by atoms with van der Waals surface area (Å²) < 4.78 is 5.80. The molecule has 0 spiro atoms. The Balaban J connectivity index is 1.47. The summed E-state index contributed by atoms with van der Waals surface area (Å²) in [6, 6.07) is 14.3. The number of rotatable bonds is 4. The minimum Gasteiger partial charge on any atom is -0.365 e. The summed E-state index contributed by atoms with van der Waals surface area (Å²) in [6.07, 6.45) is 3.79. The fraction of sp³-hybridized carbons (Fsp3) is 0.368. The molecule has 0 aliphatic carbocycles. The third-order valence-electron chi connectivity index (χ3n) is 4.78. The predicted molar refractivity (Wildman–Crippen MR) is 90.0 cm³/mol. The molecule has 2 aliphatic heterocycles. The van der Waals surface area contributed by atoms with Crippen LogP contribution in [0.25, 0.3) is 0 Å². The van der Waals surface area contributed by atoms with Gasteiger partial charge in [-0.2, -0.15) is 0 Å². The number of carbonyl (C=O) groups excluding carboxylic acids is 1. The zero-order valence-electron chi connectivity index (χ0n) is 13.5. The lowest BCUT2D eigenvalue weighted by atomic mass is 10.1. The first kappa shape index (κ1) is 15.3. The van der Waals surface area contributed by atoms with Crippen molar-refractivity contribution in [2.45, 2.75) is 25.2 Å². The van der Waals surface area contributed by atoms with E-state index in [-0.39, 0.29) is 24.7 Å². The molecule has 1 aromatic carbocycles. The maximum atomic E-state index is 12.4. The molecular formula is C19H21N3O2. The third kappa shape index (κ3) is 3.18. The van der Waals surface area contributed by atoms with Gasteiger partial charge < -0.3 is 9.64 Å². The van der Waals surface area contributed by atoms with Gasteiger partial charge in [-0.25, -0.2) is 0 Å². The van der Waals surface area contributed by atoms with Crippen molar-refractivity contribution in [3.63, 3.8) is 0 Å². The molecule has 1 aromatic heterocycles. The summed E-state index contributed by atoms with van der Waals surface area (Å²) in [5.41, 5.74) is 2.36. The van der Waals surface area contributed by atoms with Crippen molar-refractivity contribution in [3.05, 3.63) is 66.0 Å². The van der Waals surface area contributed by atoms with Crippen molar-refractivity contribution in [2.24, 2.45) is 0 Å². The van der Waals surface area contributed by atoms with Crippen molar-refractivity contribution in [3.8, 4) is 0 Å². The number of amides is 1. The number of likely N-dealkylation sites (tertiary alicyclic amines) is 1. The summed E-state index contributed by atoms with van der Waals surface area (Å²) in [5.74, 6) is 0.0864. The van der Waals surface area contributed by atoms with Gasteiger partial charge in [0.15, 0.2) is 0 Å². The lowest BCUT2D eigenvalue weighted by Crippen LogP contribution is -2.53. The van der Waals surface area contributed by atoms with Gasteiger partial charge in [0, 0.05) is 38.6 Å². The molecule has 5 nitrogen and oxygen atoms in total. The van der Waals surface area contributed by atoms with Gasteiger partial charge in [0.2, 0.25) is 5.91 Å². The first-order valence-electron chi connectivity index (χ1n) is 8.36. The van der Waals surface area contributed by atoms with Crippen molar-refractivity contribution < 1.29 is 9.53 Å². The van der Waals surface area contributed by atoms with E-state index in [0.717, 1.165) is 25.2 Å². The molecule has 2 aromatic rings. The standard InChI is InChI=1S/C19H21N3O2/c23-19-14-24-18-13-21(10-16-7-4-8-20-9-16)12-17(18)22(19)11-15-5-2-1-3-6-15/h1-9,17-18H,10-14H2/t17-,18-/m1/s1. The molecule has 3 heterocycles. The van der Waals surface area contributed by atoms with Crippen molar-refractivity contribution in [1.82, 2.24) is 14.8 Å². The Morgan fingerprint density at radius 1 is 1.04 bits per heavy atom. The number of carbonyl (C=O) groups is 1. The quantitative estimate of drug-likeness (QED) is 0.859. The summed E-state index contributed by atoms with van der Waals surface area (Å²) in [6.45, 7) is 3.40. The van der Waals surface area contributed by atoms with E-state index >= 15 is 0 Å². The van der Waals surface area contributed by atoms with E-state index in [9.17, 15) is 4.79 Å². The molecule has 2 atom stereocenters. The van der Waals surface area contributed by atoms with Crippen molar-refractivity contribution >= 4 is 5.91 Å². The van der Waals surface area contributed by atoms with E-state index in [1.54, 1.807) is 6.20 Å². The summed E-state index contributed by atoms with van der Waals surface area (Å²) in [7, 11) is 0. The molecule has 0 saturated carbocycles. The van der Waals surface area contributed by atoms with Gasteiger partial charge >= 0.3 is 0 Å². The molecule has 0 unspecified atom stereocenters. The Morgan fingerprint density at radius 3 is 2.67 bits per heavy atom. The second kappa shape index (κ2) is 6.71. The normalized spacial score (nSPS) is 24.2. The van der Waals surface area contributed by atoms with Crippen LogP contribution in [0.1, 0.15) is 11.1 Å². The number of hydrogen-bond acceptors (Lipinski definition) is 4. The van der Waals surface area contributed by atoms with Crippen LogP contribution in [0.5, 0.6) is 0 Å². The highest BCUT2D eigenvalue weighted by molar-refractivity contribution is 5.78. The van der Waals surface area contributed by atoms with E-state index < -0.39 is 0 Å². The first-order valence-corrected chi connectivity index (χ1v) is 8.36. The van der Waals surface area contributed by atoms with Gasteiger partial charge in [0.25, 0.3) is 0 Å². The molecule has 24 heavy (non-hydrogen) atoms. The molecule has 5 heteroatoms. The van der Waals surface area contributed by atoms with E-state index in [1.165, 1.54) is 5.56 Å². The number of hydrogen-bond donors (Lipinski definition) is 0. The van der Waals surface area contributed by atoms with Crippen LogP contribution in [-0.4, -0.2) is 52.5 Å². The van der Waals surface area contributed by atoms with Gasteiger partial charge in [-0.15, -0.1) is 0 Å². The lowest BCUT2D eigenvalue weighted by molar-refractivity contribution is -0.153. The Morgan fingerprint density at radius 2 is 1.88 bits per heavy atom. The van der Waals surface area contributed by atoms with Crippen LogP contribution in [0.2, 0.25) is 0 Å². The number of fused-ring (bicyclic) bond motifs is 1. The van der Waals surface area contributed by atoms with E-state index in [1.807, 2.05) is 35.4 Å². The second-order valence-electron chi connectivity index (χ2n) is 6.48. The predicted octanol–water partition coefficient (Wildman–Crippen LogP) is 1.69. The zero-order valence-corrected chi connectivity index (χ0v) is 13.5. The van der Waals surface area contributed by atoms with E-state index in [4.69, 9.17) is 4.74 Å². The fourth-order valence-electron chi connectivity index (χ4n) is 3.61. The van der Waals surface area contributed by atoms with Crippen LogP contribution in [0.4, 0.5) is 0 Å². The maximum Gasteiger partial charge on any atom is 0.249 e. The summed E-state index contributed by atoms with van der Waals surface area (Å²) in [5, 5.41) is 0. The largest absolute Gasteiger partial charge is 0.365 e. The van der Waals surface area contributed by atoms with Crippen LogP contribution < -0.4 is 0 Å². The topological polar surface area (TPSA) is 45.7 Å². The monoisotopic (exact) mass is 323 g/mol. The Hall–Kier alpha value is -2.24.